The third-order valence-electron chi connectivity index (χ3n) is 5.47. The second-order valence-electron chi connectivity index (χ2n) is 8.07. The standard InChI is InChI=1S/C22H46O4S.Na/c1-2-3-4-5-6-10-13-16-19-22(27(24,25)26)20-17-14-11-8-7-9-12-15-18-21-23;/h22-23H,2-21H2,1H3,(H,24,25,26);/q;+1/p-1. The molecule has 0 spiro atoms. The fraction of sp³-hybridized carbons (Fsp3) is 1.00. The van der Waals surface area contributed by atoms with Crippen LogP contribution in [0.5, 0.6) is 0 Å². The Hall–Kier alpha value is 0.870. The Morgan fingerprint density at radius 1 is 0.643 bits per heavy atom. The van der Waals surface area contributed by atoms with E-state index in [0.717, 1.165) is 51.4 Å². The van der Waals surface area contributed by atoms with E-state index in [1.54, 1.807) is 0 Å². The molecule has 1 N–H and O–H groups in total. The molecule has 0 bridgehead atoms. The van der Waals surface area contributed by atoms with Gasteiger partial charge in [0.15, 0.2) is 0 Å². The van der Waals surface area contributed by atoms with Crippen LogP contribution in [0.25, 0.3) is 0 Å². The van der Waals surface area contributed by atoms with E-state index in [9.17, 15) is 13.0 Å². The van der Waals surface area contributed by atoms with Crippen LogP contribution in [-0.4, -0.2) is 29.9 Å². The molecule has 0 rings (SSSR count). The first-order chi connectivity index (χ1) is 13.0. The molecule has 0 aromatic heterocycles. The van der Waals surface area contributed by atoms with Crippen molar-refractivity contribution in [2.45, 2.75) is 134 Å². The maximum atomic E-state index is 11.5. The van der Waals surface area contributed by atoms with Crippen molar-refractivity contribution in [2.75, 3.05) is 6.61 Å². The van der Waals surface area contributed by atoms with E-state index < -0.39 is 15.4 Å². The molecule has 0 fully saturated rings. The zero-order valence-corrected chi connectivity index (χ0v) is 21.6. The van der Waals surface area contributed by atoms with Gasteiger partial charge >= 0.3 is 29.6 Å². The van der Waals surface area contributed by atoms with Crippen molar-refractivity contribution >= 4 is 10.1 Å². The molecular weight excluding hydrogens is 383 g/mol. The molecule has 0 aromatic rings. The summed E-state index contributed by atoms with van der Waals surface area (Å²) in [7, 11) is -4.15. The summed E-state index contributed by atoms with van der Waals surface area (Å²) in [6.07, 6.45) is 20.4. The average Bonchev–Trinajstić information content (AvgIpc) is 2.62. The zero-order valence-electron chi connectivity index (χ0n) is 18.8. The number of aliphatic hydroxyl groups excluding tert-OH is 1. The first kappa shape index (κ1) is 31.1. The van der Waals surface area contributed by atoms with Gasteiger partial charge in [0.2, 0.25) is 0 Å². The van der Waals surface area contributed by atoms with Crippen molar-refractivity contribution in [3.05, 3.63) is 0 Å². The Morgan fingerprint density at radius 3 is 1.29 bits per heavy atom. The molecule has 0 saturated carbocycles. The smallest absolute Gasteiger partial charge is 0.748 e. The van der Waals surface area contributed by atoms with E-state index >= 15 is 0 Å². The molecule has 28 heavy (non-hydrogen) atoms. The minimum Gasteiger partial charge on any atom is -0.748 e. The van der Waals surface area contributed by atoms with E-state index in [-0.39, 0.29) is 29.6 Å². The predicted molar refractivity (Wildman–Crippen MR) is 114 cm³/mol. The first-order valence-electron chi connectivity index (χ1n) is 11.6. The second-order valence-corrected chi connectivity index (χ2v) is 9.72. The van der Waals surface area contributed by atoms with Crippen LogP contribution in [0, 0.1) is 0 Å². The summed E-state index contributed by atoms with van der Waals surface area (Å²) in [5, 5.41) is 8.05. The maximum Gasteiger partial charge on any atom is 1.00 e. The van der Waals surface area contributed by atoms with Gasteiger partial charge in [-0.05, 0) is 19.3 Å². The van der Waals surface area contributed by atoms with Crippen LogP contribution < -0.4 is 29.6 Å². The third-order valence-corrected chi connectivity index (χ3v) is 6.76. The zero-order chi connectivity index (χ0) is 20.2. The Balaban J connectivity index is 0. The Bertz CT molecular complexity index is 401. The normalized spacial score (nSPS) is 12.7. The number of hydrogen-bond donors (Lipinski definition) is 1. The van der Waals surface area contributed by atoms with E-state index in [2.05, 4.69) is 6.92 Å². The summed E-state index contributed by atoms with van der Waals surface area (Å²) in [5.74, 6) is 0. The molecule has 1 unspecified atom stereocenters. The summed E-state index contributed by atoms with van der Waals surface area (Å²) in [5.41, 5.74) is 0. The summed E-state index contributed by atoms with van der Waals surface area (Å²) < 4.78 is 34.5. The van der Waals surface area contributed by atoms with Crippen molar-refractivity contribution in [3.8, 4) is 0 Å². The molecule has 0 radical (unpaired) electrons. The van der Waals surface area contributed by atoms with Gasteiger partial charge in [0.1, 0.15) is 0 Å². The fourth-order valence-corrected chi connectivity index (χ4v) is 4.57. The largest absolute Gasteiger partial charge is 1.00 e. The van der Waals surface area contributed by atoms with Gasteiger partial charge in [0.25, 0.3) is 0 Å². The molecule has 0 heterocycles. The predicted octanol–water partition coefficient (Wildman–Crippen LogP) is 3.33. The first-order valence-corrected chi connectivity index (χ1v) is 13.0. The van der Waals surface area contributed by atoms with Crippen LogP contribution >= 0.6 is 0 Å². The third kappa shape index (κ3) is 21.6. The summed E-state index contributed by atoms with van der Waals surface area (Å²) in [6, 6.07) is 0. The van der Waals surface area contributed by atoms with Crippen molar-refractivity contribution < 1.29 is 47.6 Å². The monoisotopic (exact) mass is 428 g/mol. The Labute approximate surface area is 197 Å². The fourth-order valence-electron chi connectivity index (χ4n) is 3.66. The molecule has 164 valence electrons. The number of aliphatic hydroxyl groups is 1. The Morgan fingerprint density at radius 2 is 0.964 bits per heavy atom. The SMILES string of the molecule is CCCCCCCCCCC(CCCCCCCCCCCO)S(=O)(=O)[O-].[Na+]. The van der Waals surface area contributed by atoms with E-state index in [4.69, 9.17) is 5.11 Å². The van der Waals surface area contributed by atoms with Crippen LogP contribution in [0.1, 0.15) is 129 Å². The molecule has 0 saturated heterocycles. The van der Waals surface area contributed by atoms with Gasteiger partial charge in [-0.1, -0.05) is 110 Å². The minimum atomic E-state index is -4.15. The molecule has 0 aromatic carbocycles. The molecule has 0 aliphatic heterocycles. The van der Waals surface area contributed by atoms with Crippen LogP contribution in [-0.2, 0) is 10.1 Å². The Kier molecular flexibility index (Phi) is 25.0. The molecular formula is C22H45NaO4S. The average molecular weight is 429 g/mol. The van der Waals surface area contributed by atoms with E-state index in [1.165, 1.54) is 57.8 Å². The molecule has 0 amide bonds. The number of unbranched alkanes of at least 4 members (excludes halogenated alkanes) is 15. The summed E-state index contributed by atoms with van der Waals surface area (Å²) in [4.78, 5) is 0. The maximum absolute atomic E-state index is 11.5. The van der Waals surface area contributed by atoms with Crippen molar-refractivity contribution in [1.82, 2.24) is 0 Å². The van der Waals surface area contributed by atoms with Crippen LogP contribution in [0.2, 0.25) is 0 Å². The van der Waals surface area contributed by atoms with Crippen molar-refractivity contribution in [2.24, 2.45) is 0 Å². The van der Waals surface area contributed by atoms with Crippen molar-refractivity contribution in [1.29, 1.82) is 0 Å². The summed E-state index contributed by atoms with van der Waals surface area (Å²) >= 11 is 0. The second kappa shape index (κ2) is 22.6. The number of hydrogen-bond acceptors (Lipinski definition) is 4. The molecule has 1 atom stereocenters. The molecule has 4 nitrogen and oxygen atoms in total. The van der Waals surface area contributed by atoms with Gasteiger partial charge in [0, 0.05) is 11.9 Å². The topological polar surface area (TPSA) is 77.4 Å². The molecule has 0 aliphatic rings. The quantitative estimate of drug-likeness (QED) is 0.173. The molecule has 0 aliphatic carbocycles. The van der Waals surface area contributed by atoms with Gasteiger partial charge < -0.3 is 9.66 Å². The minimum absolute atomic E-state index is 0. The van der Waals surface area contributed by atoms with Gasteiger partial charge in [0.05, 0.1) is 10.1 Å². The van der Waals surface area contributed by atoms with Crippen LogP contribution in [0.3, 0.4) is 0 Å². The van der Waals surface area contributed by atoms with Crippen LogP contribution in [0.4, 0.5) is 0 Å². The summed E-state index contributed by atoms with van der Waals surface area (Å²) in [6.45, 7) is 2.51. The van der Waals surface area contributed by atoms with Gasteiger partial charge in [-0.3, -0.25) is 0 Å². The van der Waals surface area contributed by atoms with Crippen LogP contribution in [0.15, 0.2) is 0 Å². The van der Waals surface area contributed by atoms with E-state index in [0.29, 0.717) is 19.4 Å². The molecule has 6 heteroatoms. The van der Waals surface area contributed by atoms with Gasteiger partial charge in [-0.25, -0.2) is 8.42 Å². The van der Waals surface area contributed by atoms with Gasteiger partial charge in [-0.2, -0.15) is 0 Å². The van der Waals surface area contributed by atoms with E-state index in [1.807, 2.05) is 0 Å². The number of rotatable bonds is 21. The van der Waals surface area contributed by atoms with Crippen molar-refractivity contribution in [3.63, 3.8) is 0 Å². The van der Waals surface area contributed by atoms with Gasteiger partial charge in [-0.15, -0.1) is 0 Å².